The molecular formula is C12H13FN2O6S. The number of halogens is 1. The Hall–Kier alpha value is -2.07. The van der Waals surface area contributed by atoms with Gasteiger partial charge in [-0.3, -0.25) is 14.9 Å². The van der Waals surface area contributed by atoms with Crippen LogP contribution in [0.5, 0.6) is 0 Å². The lowest BCUT2D eigenvalue weighted by atomic mass is 9.99. The number of benzene rings is 1. The molecule has 0 aromatic heterocycles. The van der Waals surface area contributed by atoms with E-state index >= 15 is 0 Å². The lowest BCUT2D eigenvalue weighted by Crippen LogP contribution is -2.40. The fraction of sp³-hybridized carbons (Fsp3) is 0.417. The maximum absolute atomic E-state index is 13.9. The average Bonchev–Trinajstić information content (AvgIpc) is 2.46. The fourth-order valence-electron chi connectivity index (χ4n) is 2.37. The predicted octanol–water partition coefficient (Wildman–Crippen LogP) is 1.22. The van der Waals surface area contributed by atoms with Crippen LogP contribution in [0.3, 0.4) is 0 Å². The molecule has 1 aliphatic rings. The highest BCUT2D eigenvalue weighted by Crippen LogP contribution is 2.31. The highest BCUT2D eigenvalue weighted by Gasteiger charge is 2.37. The van der Waals surface area contributed by atoms with Crippen molar-refractivity contribution < 1.29 is 27.6 Å². The van der Waals surface area contributed by atoms with Gasteiger partial charge >= 0.3 is 5.97 Å². The van der Waals surface area contributed by atoms with Crippen LogP contribution in [0.4, 0.5) is 10.1 Å². The molecule has 0 atom stereocenters. The second kappa shape index (κ2) is 5.97. The van der Waals surface area contributed by atoms with E-state index in [0.717, 1.165) is 22.5 Å². The van der Waals surface area contributed by atoms with Crippen LogP contribution in [0, 0.1) is 21.8 Å². The number of hydrogen-bond donors (Lipinski definition) is 1. The summed E-state index contributed by atoms with van der Waals surface area (Å²) in [5.41, 5.74) is -0.833. The van der Waals surface area contributed by atoms with Gasteiger partial charge in [0.15, 0.2) is 4.90 Å². The van der Waals surface area contributed by atoms with Gasteiger partial charge in [0.25, 0.3) is 15.7 Å². The molecule has 0 radical (unpaired) electrons. The summed E-state index contributed by atoms with van der Waals surface area (Å²) in [5, 5.41) is 19.8. The smallest absolute Gasteiger partial charge is 0.306 e. The number of hydrogen-bond acceptors (Lipinski definition) is 5. The number of aliphatic carboxylic acids is 1. The Balaban J connectivity index is 2.37. The zero-order valence-electron chi connectivity index (χ0n) is 11.3. The first-order valence-corrected chi connectivity index (χ1v) is 7.85. The Morgan fingerprint density at radius 3 is 2.45 bits per heavy atom. The summed E-state index contributed by atoms with van der Waals surface area (Å²) in [6, 6.07) is 2.81. The molecule has 0 saturated carbocycles. The van der Waals surface area contributed by atoms with E-state index in [9.17, 15) is 27.7 Å². The Labute approximate surface area is 125 Å². The van der Waals surface area contributed by atoms with Crippen LogP contribution in [-0.2, 0) is 14.8 Å². The van der Waals surface area contributed by atoms with Crippen LogP contribution in [0.1, 0.15) is 12.8 Å². The molecule has 1 aliphatic heterocycles. The first-order valence-electron chi connectivity index (χ1n) is 6.41. The van der Waals surface area contributed by atoms with Gasteiger partial charge in [-0.1, -0.05) is 6.07 Å². The predicted molar refractivity (Wildman–Crippen MR) is 72.2 cm³/mol. The lowest BCUT2D eigenvalue weighted by molar-refractivity contribution is -0.388. The molecule has 0 amide bonds. The van der Waals surface area contributed by atoms with E-state index in [1.54, 1.807) is 0 Å². The Kier molecular flexibility index (Phi) is 4.42. The van der Waals surface area contributed by atoms with Gasteiger partial charge in [0.1, 0.15) is 5.82 Å². The van der Waals surface area contributed by atoms with Crippen molar-refractivity contribution in [3.05, 3.63) is 34.1 Å². The van der Waals surface area contributed by atoms with E-state index in [2.05, 4.69) is 0 Å². The molecule has 1 aromatic carbocycles. The summed E-state index contributed by atoms with van der Waals surface area (Å²) >= 11 is 0. The summed E-state index contributed by atoms with van der Waals surface area (Å²) < 4.78 is 39.6. The van der Waals surface area contributed by atoms with E-state index in [1.807, 2.05) is 0 Å². The summed E-state index contributed by atoms with van der Waals surface area (Å²) in [6.45, 7) is -0.240. The first-order chi connectivity index (χ1) is 10.2. The third-order valence-electron chi connectivity index (χ3n) is 3.54. The van der Waals surface area contributed by atoms with Crippen molar-refractivity contribution >= 4 is 21.7 Å². The summed E-state index contributed by atoms with van der Waals surface area (Å²) in [6.07, 6.45) is 0.160. The fourth-order valence-corrected chi connectivity index (χ4v) is 4.04. The van der Waals surface area contributed by atoms with E-state index in [4.69, 9.17) is 5.11 Å². The zero-order valence-corrected chi connectivity index (χ0v) is 12.1. The minimum Gasteiger partial charge on any atom is -0.481 e. The van der Waals surface area contributed by atoms with Crippen LogP contribution in [0.15, 0.2) is 23.1 Å². The van der Waals surface area contributed by atoms with Crippen LogP contribution >= 0.6 is 0 Å². The number of piperidine rings is 1. The molecule has 120 valence electrons. The van der Waals surface area contributed by atoms with E-state index in [0.29, 0.717) is 0 Å². The van der Waals surface area contributed by atoms with Crippen molar-refractivity contribution in [2.24, 2.45) is 5.92 Å². The summed E-state index contributed by atoms with van der Waals surface area (Å²) in [5.74, 6) is -2.88. The van der Waals surface area contributed by atoms with Crippen molar-refractivity contribution in [1.82, 2.24) is 4.31 Å². The van der Waals surface area contributed by atoms with E-state index < -0.39 is 43.2 Å². The molecule has 1 fully saturated rings. The first kappa shape index (κ1) is 16.3. The van der Waals surface area contributed by atoms with Gasteiger partial charge in [-0.25, -0.2) is 12.8 Å². The standard InChI is InChI=1S/C12H13FN2O6S/c13-9-2-1-3-10(15(18)19)11(9)22(20,21)14-6-4-8(5-7-14)12(16)17/h1-3,8H,4-7H2,(H,16,17). The molecule has 8 nitrogen and oxygen atoms in total. The molecule has 0 bridgehead atoms. The topological polar surface area (TPSA) is 118 Å². The molecule has 0 unspecified atom stereocenters. The second-order valence-corrected chi connectivity index (χ2v) is 6.74. The van der Waals surface area contributed by atoms with Gasteiger partial charge in [0.05, 0.1) is 10.8 Å². The minimum absolute atomic E-state index is 0.0802. The number of carboxylic acid groups (broad SMARTS) is 1. The monoisotopic (exact) mass is 332 g/mol. The van der Waals surface area contributed by atoms with Gasteiger partial charge in [0.2, 0.25) is 0 Å². The third kappa shape index (κ3) is 2.92. The molecule has 22 heavy (non-hydrogen) atoms. The number of rotatable bonds is 4. The maximum atomic E-state index is 13.9. The molecular weight excluding hydrogens is 319 g/mol. The highest BCUT2D eigenvalue weighted by atomic mass is 32.2. The van der Waals surface area contributed by atoms with Crippen LogP contribution < -0.4 is 0 Å². The normalized spacial score (nSPS) is 17.3. The molecule has 1 N–H and O–H groups in total. The number of carboxylic acids is 1. The maximum Gasteiger partial charge on any atom is 0.306 e. The minimum atomic E-state index is -4.39. The van der Waals surface area contributed by atoms with Gasteiger partial charge < -0.3 is 5.11 Å². The van der Waals surface area contributed by atoms with Gasteiger partial charge in [-0.2, -0.15) is 4.31 Å². The number of nitro groups is 1. The number of nitrogens with zero attached hydrogens (tertiary/aromatic N) is 2. The summed E-state index contributed by atoms with van der Waals surface area (Å²) in [4.78, 5) is 19.8. The average molecular weight is 332 g/mol. The van der Waals surface area contributed by atoms with Crippen molar-refractivity contribution in [2.75, 3.05) is 13.1 Å². The van der Waals surface area contributed by atoms with E-state index in [1.165, 1.54) is 0 Å². The van der Waals surface area contributed by atoms with Gasteiger partial charge in [-0.05, 0) is 18.9 Å². The zero-order chi connectivity index (χ0) is 16.5. The van der Waals surface area contributed by atoms with Crippen molar-refractivity contribution in [2.45, 2.75) is 17.7 Å². The molecule has 0 spiro atoms. The Morgan fingerprint density at radius 1 is 1.36 bits per heavy atom. The quantitative estimate of drug-likeness (QED) is 0.654. The lowest BCUT2D eigenvalue weighted by Gasteiger charge is -2.29. The van der Waals surface area contributed by atoms with Crippen LogP contribution in [0.2, 0.25) is 0 Å². The SMILES string of the molecule is O=C(O)C1CCN(S(=O)(=O)c2c(F)cccc2[N+](=O)[O-])CC1. The molecule has 1 saturated heterocycles. The highest BCUT2D eigenvalue weighted by molar-refractivity contribution is 7.89. The summed E-state index contributed by atoms with van der Waals surface area (Å²) in [7, 11) is -4.39. The number of carbonyl (C=O) groups is 1. The van der Waals surface area contributed by atoms with Crippen LogP contribution in [0.25, 0.3) is 0 Å². The molecule has 0 aliphatic carbocycles. The Morgan fingerprint density at radius 2 is 1.95 bits per heavy atom. The number of nitro benzene ring substituents is 1. The van der Waals surface area contributed by atoms with Crippen molar-refractivity contribution in [1.29, 1.82) is 0 Å². The molecule has 2 rings (SSSR count). The number of sulfonamides is 1. The van der Waals surface area contributed by atoms with Crippen molar-refractivity contribution in [3.8, 4) is 0 Å². The molecule has 1 heterocycles. The van der Waals surface area contributed by atoms with E-state index in [-0.39, 0.29) is 25.9 Å². The van der Waals surface area contributed by atoms with Gasteiger partial charge in [0, 0.05) is 19.2 Å². The molecule has 1 aromatic rings. The largest absolute Gasteiger partial charge is 0.481 e. The Bertz CT molecular complexity index is 712. The van der Waals surface area contributed by atoms with Crippen molar-refractivity contribution in [3.63, 3.8) is 0 Å². The second-order valence-electron chi connectivity index (χ2n) is 4.86. The van der Waals surface area contributed by atoms with Crippen LogP contribution in [-0.4, -0.2) is 41.8 Å². The van der Waals surface area contributed by atoms with Gasteiger partial charge in [-0.15, -0.1) is 0 Å². The third-order valence-corrected chi connectivity index (χ3v) is 5.51. The molecule has 10 heteroatoms.